The van der Waals surface area contributed by atoms with Crippen LogP contribution in [0.15, 0.2) is 51.1 Å². The molecule has 0 radical (unpaired) electrons. The highest BCUT2D eigenvalue weighted by Gasteiger charge is 2.39. The lowest BCUT2D eigenvalue weighted by Gasteiger charge is -2.25. The number of hydrogen-bond donors (Lipinski definition) is 6. The molecule has 3 aromatic carbocycles. The van der Waals surface area contributed by atoms with E-state index >= 15 is 0 Å². The van der Waals surface area contributed by atoms with Gasteiger partial charge in [0.15, 0.2) is 11.6 Å². The maximum Gasteiger partial charge on any atom is 0.298 e. The number of rotatable bonds is 4. The first-order valence-electron chi connectivity index (χ1n) is 9.66. The summed E-state index contributed by atoms with van der Waals surface area (Å²) in [5.41, 5.74) is 12.4. The SMILES string of the molecule is Nc1cc(-c2c(N)c(S(=O)(=O)O)c(N)c3c2C(=O)c2cc(S(=O)(=O)O)ccc2C3=O)ccc1S(=O)(=O)O. The van der Waals surface area contributed by atoms with Crippen molar-refractivity contribution in [1.29, 1.82) is 0 Å². The number of nitrogens with two attached hydrogens (primary N) is 3. The van der Waals surface area contributed by atoms with E-state index in [0.29, 0.717) is 0 Å². The minimum atomic E-state index is -5.21. The van der Waals surface area contributed by atoms with Crippen molar-refractivity contribution in [2.24, 2.45) is 0 Å². The van der Waals surface area contributed by atoms with Crippen molar-refractivity contribution in [1.82, 2.24) is 0 Å². The van der Waals surface area contributed by atoms with E-state index in [1.807, 2.05) is 0 Å². The average Bonchev–Trinajstić information content (AvgIpc) is 2.74. The van der Waals surface area contributed by atoms with Gasteiger partial charge in [0.25, 0.3) is 30.4 Å². The highest BCUT2D eigenvalue weighted by molar-refractivity contribution is 7.86. The van der Waals surface area contributed by atoms with Crippen LogP contribution in [0, 0.1) is 0 Å². The van der Waals surface area contributed by atoms with Crippen LogP contribution < -0.4 is 17.2 Å². The Balaban J connectivity index is 2.18. The standard InChI is InChI=1S/C20H15N3O11S3/c21-11-5-7(1-4-12(11)36(29,30)31)13-14-15(17(23)20(16(13)22)37(32,33)34)18(24)9-3-2-8(35(26,27)28)6-10(9)19(14)25/h1-6H,21-23H2,(H,26,27,28)(H,29,30,31)(H,32,33,34). The lowest BCUT2D eigenvalue weighted by Crippen LogP contribution is -2.26. The van der Waals surface area contributed by atoms with E-state index in [2.05, 4.69) is 0 Å². The molecule has 194 valence electrons. The third-order valence-corrected chi connectivity index (χ3v) is 8.33. The number of carbonyl (C=O) groups is 2. The minimum absolute atomic E-state index is 0.223. The van der Waals surface area contributed by atoms with Crippen LogP contribution in [0.4, 0.5) is 17.1 Å². The van der Waals surface area contributed by atoms with Gasteiger partial charge in [0.1, 0.15) is 9.79 Å². The molecule has 0 atom stereocenters. The molecule has 0 unspecified atom stereocenters. The van der Waals surface area contributed by atoms with Gasteiger partial charge in [0.05, 0.1) is 27.5 Å². The fraction of sp³-hybridized carbons (Fsp3) is 0. The second kappa shape index (κ2) is 8.07. The van der Waals surface area contributed by atoms with Crippen molar-refractivity contribution in [3.8, 4) is 11.1 Å². The Kier molecular flexibility index (Phi) is 5.71. The van der Waals surface area contributed by atoms with Gasteiger partial charge in [0, 0.05) is 22.3 Å². The normalized spacial score (nSPS) is 13.8. The molecule has 0 saturated heterocycles. The molecular formula is C20H15N3O11S3. The smallest absolute Gasteiger partial charge is 0.298 e. The molecule has 1 aliphatic carbocycles. The van der Waals surface area contributed by atoms with Gasteiger partial charge in [-0.15, -0.1) is 0 Å². The molecule has 0 amide bonds. The van der Waals surface area contributed by atoms with Crippen LogP contribution in [0.1, 0.15) is 31.8 Å². The van der Waals surface area contributed by atoms with Gasteiger partial charge in [0.2, 0.25) is 0 Å². The summed E-state index contributed by atoms with van der Waals surface area (Å²) >= 11 is 0. The fourth-order valence-electron chi connectivity index (χ4n) is 4.09. The molecule has 0 fully saturated rings. The Morgan fingerprint density at radius 3 is 1.68 bits per heavy atom. The van der Waals surface area contributed by atoms with Crippen LogP contribution in [0.25, 0.3) is 11.1 Å². The van der Waals surface area contributed by atoms with Gasteiger partial charge in [-0.05, 0) is 35.9 Å². The molecular weight excluding hydrogens is 554 g/mol. The van der Waals surface area contributed by atoms with Crippen LogP contribution in [-0.2, 0) is 30.4 Å². The third kappa shape index (κ3) is 4.12. The summed E-state index contributed by atoms with van der Waals surface area (Å²) in [5.74, 6) is -2.11. The number of benzene rings is 3. The first kappa shape index (κ1) is 26.2. The summed E-state index contributed by atoms with van der Waals surface area (Å²) in [6.45, 7) is 0. The lowest BCUT2D eigenvalue weighted by molar-refractivity contribution is 0.0979. The number of carbonyl (C=O) groups excluding carboxylic acids is 2. The molecule has 0 spiro atoms. The second-order valence-electron chi connectivity index (χ2n) is 7.82. The van der Waals surface area contributed by atoms with Crippen LogP contribution in [0.3, 0.4) is 0 Å². The molecule has 17 heteroatoms. The molecule has 14 nitrogen and oxygen atoms in total. The zero-order chi connectivity index (χ0) is 27.8. The molecule has 4 rings (SSSR count). The van der Waals surface area contributed by atoms with Crippen molar-refractivity contribution in [3.63, 3.8) is 0 Å². The highest BCUT2D eigenvalue weighted by atomic mass is 32.2. The van der Waals surface area contributed by atoms with Gasteiger partial charge in [-0.25, -0.2) is 0 Å². The Labute approximate surface area is 208 Å². The Morgan fingerprint density at radius 1 is 0.595 bits per heavy atom. The summed E-state index contributed by atoms with van der Waals surface area (Å²) < 4.78 is 99.0. The van der Waals surface area contributed by atoms with Crippen molar-refractivity contribution in [2.75, 3.05) is 17.2 Å². The number of nitrogen functional groups attached to an aromatic ring is 3. The summed E-state index contributed by atoms with van der Waals surface area (Å²) in [6, 6.07) is 5.16. The second-order valence-corrected chi connectivity index (χ2v) is 12.0. The molecule has 0 saturated carbocycles. The van der Waals surface area contributed by atoms with Crippen LogP contribution in [0.5, 0.6) is 0 Å². The van der Waals surface area contributed by atoms with E-state index in [0.717, 1.165) is 36.4 Å². The predicted octanol–water partition coefficient (Wildman–Crippen LogP) is 0.616. The number of anilines is 3. The highest BCUT2D eigenvalue weighted by Crippen LogP contribution is 2.46. The molecule has 0 heterocycles. The van der Waals surface area contributed by atoms with Gasteiger partial charge < -0.3 is 17.2 Å². The topological polar surface area (TPSA) is 275 Å². The zero-order valence-corrected chi connectivity index (χ0v) is 20.5. The summed E-state index contributed by atoms with van der Waals surface area (Å²) in [7, 11) is -14.8. The lowest BCUT2D eigenvalue weighted by atomic mass is 9.79. The molecule has 0 aliphatic heterocycles. The summed E-state index contributed by atoms with van der Waals surface area (Å²) in [5, 5.41) is 0. The van der Waals surface area contributed by atoms with E-state index in [9.17, 15) is 48.5 Å². The number of fused-ring (bicyclic) bond motifs is 2. The van der Waals surface area contributed by atoms with Gasteiger partial charge >= 0.3 is 0 Å². The summed E-state index contributed by atoms with van der Waals surface area (Å²) in [4.78, 5) is 24.4. The minimum Gasteiger partial charge on any atom is -0.398 e. The molecule has 3 aromatic rings. The molecule has 0 aromatic heterocycles. The zero-order valence-electron chi connectivity index (χ0n) is 18.0. The molecule has 37 heavy (non-hydrogen) atoms. The van der Waals surface area contributed by atoms with Crippen LogP contribution in [-0.4, -0.2) is 50.5 Å². The van der Waals surface area contributed by atoms with E-state index in [4.69, 9.17) is 17.2 Å². The van der Waals surface area contributed by atoms with E-state index < -0.39 is 101 Å². The Morgan fingerprint density at radius 2 is 1.16 bits per heavy atom. The molecule has 0 bridgehead atoms. The van der Waals surface area contributed by atoms with Crippen molar-refractivity contribution < 1.29 is 48.5 Å². The van der Waals surface area contributed by atoms with E-state index in [1.54, 1.807) is 0 Å². The van der Waals surface area contributed by atoms with E-state index in [-0.39, 0.29) is 5.56 Å². The van der Waals surface area contributed by atoms with Gasteiger partial charge in [-0.2, -0.15) is 25.3 Å². The first-order valence-corrected chi connectivity index (χ1v) is 14.0. The quantitative estimate of drug-likeness (QED) is 0.145. The first-order chi connectivity index (χ1) is 16.9. The monoisotopic (exact) mass is 569 g/mol. The fourth-order valence-corrected chi connectivity index (χ4v) is 5.95. The summed E-state index contributed by atoms with van der Waals surface area (Å²) in [6.07, 6.45) is 0. The number of hydrogen-bond acceptors (Lipinski definition) is 11. The molecule has 1 aliphatic rings. The maximum absolute atomic E-state index is 13.6. The largest absolute Gasteiger partial charge is 0.398 e. The Bertz CT molecular complexity index is 1910. The number of ketones is 2. The van der Waals surface area contributed by atoms with Crippen molar-refractivity contribution in [3.05, 3.63) is 58.7 Å². The van der Waals surface area contributed by atoms with Crippen LogP contribution in [0.2, 0.25) is 0 Å². The maximum atomic E-state index is 13.6. The van der Waals surface area contributed by atoms with Crippen molar-refractivity contribution >= 4 is 59.0 Å². The van der Waals surface area contributed by atoms with Gasteiger partial charge in [-0.3, -0.25) is 23.2 Å². The average molecular weight is 570 g/mol. The predicted molar refractivity (Wildman–Crippen MR) is 128 cm³/mol. The van der Waals surface area contributed by atoms with E-state index in [1.165, 1.54) is 0 Å². The van der Waals surface area contributed by atoms with Crippen molar-refractivity contribution in [2.45, 2.75) is 14.7 Å². The molecule has 9 N–H and O–H groups in total. The van der Waals surface area contributed by atoms with Gasteiger partial charge in [-0.1, -0.05) is 6.07 Å². The third-order valence-electron chi connectivity index (χ3n) is 5.59. The van der Waals surface area contributed by atoms with Crippen LogP contribution >= 0.6 is 0 Å². The Hall–Kier alpha value is -3.87.